The minimum atomic E-state index is -4.72. The molecule has 0 amide bonds. The van der Waals surface area contributed by atoms with Crippen LogP contribution in [0.15, 0.2) is 65.7 Å². The second-order valence-electron chi connectivity index (χ2n) is 7.25. The van der Waals surface area contributed by atoms with Crippen molar-refractivity contribution >= 4 is 22.9 Å². The topological polar surface area (TPSA) is 36.9 Å². The molecular formula is C24H22F5N3O. The first-order valence-corrected chi connectivity index (χ1v) is 9.91. The van der Waals surface area contributed by atoms with Gasteiger partial charge in [-0.05, 0) is 55.0 Å². The van der Waals surface area contributed by atoms with Crippen molar-refractivity contribution in [2.45, 2.75) is 19.6 Å². The first-order valence-electron chi connectivity index (χ1n) is 9.91. The van der Waals surface area contributed by atoms with E-state index >= 15 is 0 Å². The fraction of sp³-hybridized carbons (Fsp3) is 0.208. The van der Waals surface area contributed by atoms with Crippen LogP contribution in [0, 0.1) is 18.6 Å². The van der Waals surface area contributed by atoms with Gasteiger partial charge in [0.25, 0.3) is 0 Å². The van der Waals surface area contributed by atoms with Gasteiger partial charge in [0, 0.05) is 36.6 Å². The number of nitrogens with zero attached hydrogens (tertiary/aromatic N) is 2. The molecule has 0 spiro atoms. The highest BCUT2D eigenvalue weighted by Gasteiger charge is 2.39. The maximum absolute atomic E-state index is 13.8. The molecule has 4 nitrogen and oxygen atoms in total. The highest BCUT2D eigenvalue weighted by molar-refractivity contribution is 6.02. The van der Waals surface area contributed by atoms with Crippen molar-refractivity contribution < 1.29 is 26.7 Å². The van der Waals surface area contributed by atoms with E-state index in [4.69, 9.17) is 4.74 Å². The number of aliphatic imine (C=N–C) groups is 1. The monoisotopic (exact) mass is 463 g/mol. The number of hydrogen-bond acceptors (Lipinski definition) is 3. The van der Waals surface area contributed by atoms with Crippen LogP contribution in [0.4, 0.5) is 39.0 Å². The van der Waals surface area contributed by atoms with E-state index in [0.29, 0.717) is 17.0 Å². The van der Waals surface area contributed by atoms with Crippen LogP contribution in [0.3, 0.4) is 0 Å². The summed E-state index contributed by atoms with van der Waals surface area (Å²) in [7, 11) is 2.68. The normalized spacial score (nSPS) is 11.9. The minimum absolute atomic E-state index is 0.113. The number of ether oxygens (including phenoxy) is 1. The molecule has 3 rings (SSSR count). The lowest BCUT2D eigenvalue weighted by molar-refractivity contribution is -0.0599. The number of amidine groups is 1. The molecule has 0 heterocycles. The fourth-order valence-corrected chi connectivity index (χ4v) is 3.10. The predicted molar refractivity (Wildman–Crippen MR) is 119 cm³/mol. The van der Waals surface area contributed by atoms with Gasteiger partial charge in [0.1, 0.15) is 17.4 Å². The third kappa shape index (κ3) is 5.79. The van der Waals surface area contributed by atoms with E-state index in [2.05, 4.69) is 10.3 Å². The molecule has 174 valence electrons. The number of halogens is 5. The van der Waals surface area contributed by atoms with Gasteiger partial charge >= 0.3 is 6.18 Å². The SMILES string of the molecule is COc1ccc(C)c(N=C(N(C)c2ccc(NCc3c(F)cccc3F)cc2)C(F)(F)F)c1. The number of benzene rings is 3. The van der Waals surface area contributed by atoms with Gasteiger partial charge in [-0.1, -0.05) is 12.1 Å². The minimum Gasteiger partial charge on any atom is -0.497 e. The van der Waals surface area contributed by atoms with E-state index in [0.717, 1.165) is 17.0 Å². The summed E-state index contributed by atoms with van der Waals surface area (Å²) in [6.45, 7) is 1.54. The smallest absolute Gasteiger partial charge is 0.449 e. The third-order valence-electron chi connectivity index (χ3n) is 5.00. The Morgan fingerprint density at radius 2 is 1.64 bits per heavy atom. The molecular weight excluding hydrogens is 441 g/mol. The molecule has 0 aliphatic carbocycles. The molecule has 0 saturated carbocycles. The molecule has 33 heavy (non-hydrogen) atoms. The summed E-state index contributed by atoms with van der Waals surface area (Å²) in [6, 6.07) is 14.2. The predicted octanol–water partition coefficient (Wildman–Crippen LogP) is 6.62. The van der Waals surface area contributed by atoms with Crippen molar-refractivity contribution in [3.63, 3.8) is 0 Å². The zero-order chi connectivity index (χ0) is 24.2. The first kappa shape index (κ1) is 24.0. The highest BCUT2D eigenvalue weighted by Crippen LogP contribution is 2.30. The van der Waals surface area contributed by atoms with Crippen LogP contribution in [0.5, 0.6) is 5.75 Å². The zero-order valence-corrected chi connectivity index (χ0v) is 18.2. The largest absolute Gasteiger partial charge is 0.497 e. The average molecular weight is 463 g/mol. The molecule has 3 aromatic rings. The van der Waals surface area contributed by atoms with Crippen LogP contribution in [0.2, 0.25) is 0 Å². The van der Waals surface area contributed by atoms with E-state index < -0.39 is 23.6 Å². The van der Waals surface area contributed by atoms with Crippen LogP contribution in [-0.2, 0) is 6.54 Å². The van der Waals surface area contributed by atoms with Crippen molar-refractivity contribution in [2.75, 3.05) is 24.4 Å². The quantitative estimate of drug-likeness (QED) is 0.254. The molecule has 0 aromatic heterocycles. The number of nitrogens with one attached hydrogen (secondary N) is 1. The fourth-order valence-electron chi connectivity index (χ4n) is 3.10. The number of anilines is 2. The Morgan fingerprint density at radius 3 is 2.21 bits per heavy atom. The van der Waals surface area contributed by atoms with E-state index in [9.17, 15) is 22.0 Å². The summed E-state index contributed by atoms with van der Waals surface area (Å²) in [4.78, 5) is 4.80. The van der Waals surface area contributed by atoms with Crippen molar-refractivity contribution in [3.05, 3.63) is 83.4 Å². The Bertz CT molecular complexity index is 1120. The van der Waals surface area contributed by atoms with Gasteiger partial charge in [-0.2, -0.15) is 13.2 Å². The summed E-state index contributed by atoms with van der Waals surface area (Å²) in [5.74, 6) is -2.08. The second-order valence-corrected chi connectivity index (χ2v) is 7.25. The maximum Gasteiger partial charge on any atom is 0.449 e. The molecule has 0 atom stereocenters. The van der Waals surface area contributed by atoms with Crippen molar-refractivity contribution in [1.82, 2.24) is 0 Å². The van der Waals surface area contributed by atoms with Crippen LogP contribution < -0.4 is 15.0 Å². The van der Waals surface area contributed by atoms with Crippen LogP contribution >= 0.6 is 0 Å². The Labute approximate surface area is 188 Å². The van der Waals surface area contributed by atoms with E-state index in [-0.39, 0.29) is 23.5 Å². The molecule has 0 saturated heterocycles. The molecule has 0 aliphatic heterocycles. The van der Waals surface area contributed by atoms with Gasteiger partial charge in [0.05, 0.1) is 12.8 Å². The van der Waals surface area contributed by atoms with Gasteiger partial charge in [-0.3, -0.25) is 0 Å². The van der Waals surface area contributed by atoms with E-state index in [1.807, 2.05) is 0 Å². The Kier molecular flexibility index (Phi) is 7.20. The molecule has 3 aromatic carbocycles. The molecule has 0 bridgehead atoms. The Hall–Kier alpha value is -3.62. The molecule has 0 radical (unpaired) electrons. The lowest BCUT2D eigenvalue weighted by Gasteiger charge is -2.24. The van der Waals surface area contributed by atoms with Gasteiger partial charge in [0.15, 0.2) is 0 Å². The molecule has 0 aliphatic rings. The summed E-state index contributed by atoms with van der Waals surface area (Å²) in [5.41, 5.74) is 1.29. The maximum atomic E-state index is 13.8. The van der Waals surface area contributed by atoms with Crippen LogP contribution in [-0.4, -0.2) is 26.2 Å². The Balaban J connectivity index is 1.83. The zero-order valence-electron chi connectivity index (χ0n) is 18.2. The van der Waals surface area contributed by atoms with Crippen molar-refractivity contribution in [3.8, 4) is 5.75 Å². The van der Waals surface area contributed by atoms with Gasteiger partial charge in [-0.25, -0.2) is 13.8 Å². The summed E-state index contributed by atoms with van der Waals surface area (Å²) < 4.78 is 74.1. The standard InChI is InChI=1S/C24H22F5N3O/c1-15-7-12-18(33-3)13-22(15)31-23(24(27,28)29)32(2)17-10-8-16(9-11-17)30-14-19-20(25)5-4-6-21(19)26/h4-13,30H,14H2,1-3H3. The van der Waals surface area contributed by atoms with Gasteiger partial charge < -0.3 is 15.0 Å². The number of methoxy groups -OCH3 is 1. The number of aryl methyl sites for hydroxylation is 1. The Morgan fingerprint density at radius 1 is 1.00 bits per heavy atom. The summed E-state index contributed by atoms with van der Waals surface area (Å²) in [6.07, 6.45) is -4.72. The van der Waals surface area contributed by atoms with Crippen molar-refractivity contribution in [2.24, 2.45) is 4.99 Å². The number of alkyl halides is 3. The summed E-state index contributed by atoms with van der Waals surface area (Å²) in [5, 5.41) is 2.86. The number of rotatable bonds is 6. The van der Waals surface area contributed by atoms with Gasteiger partial charge in [0.2, 0.25) is 5.84 Å². The van der Waals surface area contributed by atoms with Crippen LogP contribution in [0.1, 0.15) is 11.1 Å². The van der Waals surface area contributed by atoms with E-state index in [1.54, 1.807) is 19.1 Å². The van der Waals surface area contributed by atoms with Crippen molar-refractivity contribution in [1.29, 1.82) is 0 Å². The molecule has 9 heteroatoms. The lowest BCUT2D eigenvalue weighted by atomic mass is 10.2. The second kappa shape index (κ2) is 9.89. The highest BCUT2D eigenvalue weighted by atomic mass is 19.4. The van der Waals surface area contributed by atoms with Crippen LogP contribution in [0.25, 0.3) is 0 Å². The lowest BCUT2D eigenvalue weighted by Crippen LogP contribution is -2.38. The van der Waals surface area contributed by atoms with E-state index in [1.165, 1.54) is 50.6 Å². The first-order chi connectivity index (χ1) is 15.6. The average Bonchev–Trinajstić information content (AvgIpc) is 2.77. The molecule has 0 unspecified atom stereocenters. The molecule has 0 fully saturated rings. The third-order valence-corrected chi connectivity index (χ3v) is 5.00. The van der Waals surface area contributed by atoms with Gasteiger partial charge in [-0.15, -0.1) is 0 Å². The summed E-state index contributed by atoms with van der Waals surface area (Å²) >= 11 is 0. The molecule has 1 N–H and O–H groups in total. The number of hydrogen-bond donors (Lipinski definition) is 1.